The SMILES string of the molecule is O=C(NCC1CCCCC1)c1ccccc1Br. The molecule has 0 radical (unpaired) electrons. The summed E-state index contributed by atoms with van der Waals surface area (Å²) >= 11 is 3.40. The van der Waals surface area contributed by atoms with Crippen molar-refractivity contribution >= 4 is 21.8 Å². The zero-order valence-corrected chi connectivity index (χ0v) is 11.5. The lowest BCUT2D eigenvalue weighted by Crippen LogP contribution is -2.30. The molecule has 3 heteroatoms. The summed E-state index contributed by atoms with van der Waals surface area (Å²) in [7, 11) is 0. The smallest absolute Gasteiger partial charge is 0.252 e. The standard InChI is InChI=1S/C14H18BrNO/c15-13-9-5-4-8-12(13)14(17)16-10-11-6-2-1-3-7-11/h4-5,8-9,11H,1-3,6-7,10H2,(H,16,17). The van der Waals surface area contributed by atoms with E-state index in [9.17, 15) is 4.79 Å². The molecule has 2 rings (SSSR count). The van der Waals surface area contributed by atoms with E-state index in [1.54, 1.807) is 0 Å². The Hall–Kier alpha value is -0.830. The van der Waals surface area contributed by atoms with Gasteiger partial charge < -0.3 is 5.32 Å². The van der Waals surface area contributed by atoms with Crippen LogP contribution >= 0.6 is 15.9 Å². The lowest BCUT2D eigenvalue weighted by atomic mass is 9.89. The predicted molar refractivity (Wildman–Crippen MR) is 73.1 cm³/mol. The Morgan fingerprint density at radius 1 is 1.24 bits per heavy atom. The number of amides is 1. The Morgan fingerprint density at radius 3 is 2.65 bits per heavy atom. The van der Waals surface area contributed by atoms with Crippen molar-refractivity contribution in [2.24, 2.45) is 5.92 Å². The van der Waals surface area contributed by atoms with Crippen LogP contribution in [-0.2, 0) is 0 Å². The van der Waals surface area contributed by atoms with Gasteiger partial charge in [0.2, 0.25) is 0 Å². The fourth-order valence-electron chi connectivity index (χ4n) is 2.37. The number of hydrogen-bond acceptors (Lipinski definition) is 1. The van der Waals surface area contributed by atoms with E-state index in [0.29, 0.717) is 5.92 Å². The molecule has 1 fully saturated rings. The summed E-state index contributed by atoms with van der Waals surface area (Å²) in [5.41, 5.74) is 0.725. The quantitative estimate of drug-likeness (QED) is 0.904. The molecule has 1 amide bonds. The molecule has 17 heavy (non-hydrogen) atoms. The Morgan fingerprint density at radius 2 is 1.94 bits per heavy atom. The molecule has 1 saturated carbocycles. The van der Waals surface area contributed by atoms with Crippen molar-refractivity contribution < 1.29 is 4.79 Å². The number of carbonyl (C=O) groups excluding carboxylic acids is 1. The van der Waals surface area contributed by atoms with Crippen LogP contribution in [0.3, 0.4) is 0 Å². The number of halogens is 1. The van der Waals surface area contributed by atoms with Gasteiger partial charge in [0.1, 0.15) is 0 Å². The van der Waals surface area contributed by atoms with Gasteiger partial charge in [-0.25, -0.2) is 0 Å². The maximum Gasteiger partial charge on any atom is 0.252 e. The first-order valence-corrected chi connectivity index (χ1v) is 7.09. The largest absolute Gasteiger partial charge is 0.352 e. The molecule has 1 N–H and O–H groups in total. The van der Waals surface area contributed by atoms with E-state index in [2.05, 4.69) is 21.2 Å². The van der Waals surface area contributed by atoms with E-state index < -0.39 is 0 Å². The fourth-order valence-corrected chi connectivity index (χ4v) is 2.83. The summed E-state index contributed by atoms with van der Waals surface area (Å²) in [6, 6.07) is 7.55. The van der Waals surface area contributed by atoms with Gasteiger partial charge >= 0.3 is 0 Å². The highest BCUT2D eigenvalue weighted by Gasteiger charge is 2.15. The number of carbonyl (C=O) groups is 1. The van der Waals surface area contributed by atoms with Crippen LogP contribution in [0.25, 0.3) is 0 Å². The van der Waals surface area contributed by atoms with Gasteiger partial charge in [0, 0.05) is 11.0 Å². The molecular weight excluding hydrogens is 278 g/mol. The van der Waals surface area contributed by atoms with Crippen LogP contribution in [0.4, 0.5) is 0 Å². The molecular formula is C14H18BrNO. The molecule has 1 aromatic carbocycles. The summed E-state index contributed by atoms with van der Waals surface area (Å²) in [5.74, 6) is 0.707. The van der Waals surface area contributed by atoms with Crippen molar-refractivity contribution in [3.8, 4) is 0 Å². The number of hydrogen-bond donors (Lipinski definition) is 1. The topological polar surface area (TPSA) is 29.1 Å². The molecule has 1 aromatic rings. The Balaban J connectivity index is 1.87. The van der Waals surface area contributed by atoms with Gasteiger partial charge in [0.05, 0.1) is 5.56 Å². The Kier molecular flexibility index (Phi) is 4.60. The molecule has 0 aliphatic heterocycles. The zero-order valence-electron chi connectivity index (χ0n) is 9.92. The summed E-state index contributed by atoms with van der Waals surface area (Å²) < 4.78 is 0.862. The molecule has 0 spiro atoms. The van der Waals surface area contributed by atoms with E-state index in [1.807, 2.05) is 24.3 Å². The highest BCUT2D eigenvalue weighted by atomic mass is 79.9. The number of nitrogens with one attached hydrogen (secondary N) is 1. The molecule has 0 aromatic heterocycles. The van der Waals surface area contributed by atoms with Gasteiger partial charge in [-0.05, 0) is 46.8 Å². The van der Waals surface area contributed by atoms with E-state index in [1.165, 1.54) is 32.1 Å². The van der Waals surface area contributed by atoms with Crippen molar-refractivity contribution in [3.63, 3.8) is 0 Å². The van der Waals surface area contributed by atoms with Crippen LogP contribution in [0.5, 0.6) is 0 Å². The predicted octanol–water partition coefficient (Wildman–Crippen LogP) is 3.76. The second-order valence-electron chi connectivity index (χ2n) is 4.69. The molecule has 0 unspecified atom stereocenters. The molecule has 0 saturated heterocycles. The van der Waals surface area contributed by atoms with E-state index in [0.717, 1.165) is 16.6 Å². The molecule has 1 aliphatic rings. The van der Waals surface area contributed by atoms with Gasteiger partial charge in [-0.2, -0.15) is 0 Å². The van der Waals surface area contributed by atoms with Crippen molar-refractivity contribution in [2.45, 2.75) is 32.1 Å². The lowest BCUT2D eigenvalue weighted by molar-refractivity contribution is 0.0943. The highest BCUT2D eigenvalue weighted by Crippen LogP contribution is 2.23. The molecule has 92 valence electrons. The molecule has 1 aliphatic carbocycles. The van der Waals surface area contributed by atoms with Gasteiger partial charge in [-0.1, -0.05) is 31.4 Å². The summed E-state index contributed by atoms with van der Waals surface area (Å²) in [5, 5.41) is 3.04. The third-order valence-electron chi connectivity index (χ3n) is 3.39. The highest BCUT2D eigenvalue weighted by molar-refractivity contribution is 9.10. The first-order chi connectivity index (χ1) is 8.27. The normalized spacial score (nSPS) is 16.8. The first-order valence-electron chi connectivity index (χ1n) is 6.30. The summed E-state index contributed by atoms with van der Waals surface area (Å²) in [4.78, 5) is 12.0. The van der Waals surface area contributed by atoms with E-state index >= 15 is 0 Å². The number of benzene rings is 1. The molecule has 0 bridgehead atoms. The van der Waals surface area contributed by atoms with Crippen molar-refractivity contribution in [1.82, 2.24) is 5.32 Å². The molecule has 2 nitrogen and oxygen atoms in total. The third kappa shape index (κ3) is 3.56. The monoisotopic (exact) mass is 295 g/mol. The molecule has 0 atom stereocenters. The van der Waals surface area contributed by atoms with Gasteiger partial charge in [0.25, 0.3) is 5.91 Å². The number of rotatable bonds is 3. The average Bonchev–Trinajstić information content (AvgIpc) is 2.38. The summed E-state index contributed by atoms with van der Waals surface area (Å²) in [6.45, 7) is 0.820. The molecule has 0 heterocycles. The fraction of sp³-hybridized carbons (Fsp3) is 0.500. The van der Waals surface area contributed by atoms with Crippen molar-refractivity contribution in [1.29, 1.82) is 0 Å². The maximum atomic E-state index is 12.0. The maximum absolute atomic E-state index is 12.0. The minimum Gasteiger partial charge on any atom is -0.352 e. The van der Waals surface area contributed by atoms with Gasteiger partial charge in [-0.15, -0.1) is 0 Å². The van der Waals surface area contributed by atoms with Gasteiger partial charge in [0.15, 0.2) is 0 Å². The average molecular weight is 296 g/mol. The van der Waals surface area contributed by atoms with Gasteiger partial charge in [-0.3, -0.25) is 4.79 Å². The van der Waals surface area contributed by atoms with Crippen LogP contribution < -0.4 is 5.32 Å². The lowest BCUT2D eigenvalue weighted by Gasteiger charge is -2.21. The Labute approximate surface area is 111 Å². The second-order valence-corrected chi connectivity index (χ2v) is 5.55. The zero-order chi connectivity index (χ0) is 12.1. The van der Waals surface area contributed by atoms with Crippen LogP contribution in [0.1, 0.15) is 42.5 Å². The van der Waals surface area contributed by atoms with Crippen LogP contribution in [-0.4, -0.2) is 12.5 Å². The minimum absolute atomic E-state index is 0.0306. The summed E-state index contributed by atoms with van der Waals surface area (Å²) in [6.07, 6.45) is 6.51. The van der Waals surface area contributed by atoms with Crippen molar-refractivity contribution in [2.75, 3.05) is 6.54 Å². The van der Waals surface area contributed by atoms with Crippen molar-refractivity contribution in [3.05, 3.63) is 34.3 Å². The van der Waals surface area contributed by atoms with Crippen LogP contribution in [0.2, 0.25) is 0 Å². The Bertz CT molecular complexity index is 386. The van der Waals surface area contributed by atoms with Crippen LogP contribution in [0.15, 0.2) is 28.7 Å². The van der Waals surface area contributed by atoms with E-state index in [-0.39, 0.29) is 5.91 Å². The second kappa shape index (κ2) is 6.20. The minimum atomic E-state index is 0.0306. The first kappa shape index (κ1) is 12.6. The van der Waals surface area contributed by atoms with E-state index in [4.69, 9.17) is 0 Å². The third-order valence-corrected chi connectivity index (χ3v) is 4.09. The van der Waals surface area contributed by atoms with Crippen LogP contribution in [0, 0.1) is 5.92 Å².